The van der Waals surface area contributed by atoms with Crippen molar-refractivity contribution in [2.75, 3.05) is 18.7 Å². The van der Waals surface area contributed by atoms with Gasteiger partial charge in [0.15, 0.2) is 11.5 Å². The molecule has 1 aliphatic rings. The zero-order chi connectivity index (χ0) is 15.4. The first-order chi connectivity index (χ1) is 10.7. The molecule has 2 aromatic rings. The molecule has 1 heterocycles. The molecule has 0 saturated heterocycles. The highest BCUT2D eigenvalue weighted by Crippen LogP contribution is 2.34. The van der Waals surface area contributed by atoms with Gasteiger partial charge < -0.3 is 20.1 Å². The van der Waals surface area contributed by atoms with Gasteiger partial charge in [-0.1, -0.05) is 12.1 Å². The number of rotatable bonds is 5. The Balaban J connectivity index is 1.47. The Bertz CT molecular complexity index is 674. The van der Waals surface area contributed by atoms with E-state index in [1.807, 2.05) is 0 Å². The molecule has 3 rings (SSSR count). The van der Waals surface area contributed by atoms with Gasteiger partial charge in [0.2, 0.25) is 12.7 Å². The van der Waals surface area contributed by atoms with Crippen molar-refractivity contribution in [2.24, 2.45) is 0 Å². The van der Waals surface area contributed by atoms with Crippen LogP contribution in [0.4, 0.5) is 10.1 Å². The summed E-state index contributed by atoms with van der Waals surface area (Å²) in [5.74, 6) is 0.856. The second kappa shape index (κ2) is 6.44. The highest BCUT2D eigenvalue weighted by molar-refractivity contribution is 5.92. The van der Waals surface area contributed by atoms with Gasteiger partial charge in [-0.15, -0.1) is 0 Å². The Kier molecular flexibility index (Phi) is 4.20. The van der Waals surface area contributed by atoms with Crippen molar-refractivity contribution in [1.82, 2.24) is 5.32 Å². The lowest BCUT2D eigenvalue weighted by atomic mass is 10.2. The third-order valence-corrected chi connectivity index (χ3v) is 3.18. The summed E-state index contributed by atoms with van der Waals surface area (Å²) < 4.78 is 23.2. The maximum Gasteiger partial charge on any atom is 0.238 e. The van der Waals surface area contributed by atoms with E-state index >= 15 is 0 Å². The molecule has 114 valence electrons. The van der Waals surface area contributed by atoms with Gasteiger partial charge in [0, 0.05) is 18.3 Å². The Morgan fingerprint density at radius 1 is 1.09 bits per heavy atom. The lowest BCUT2D eigenvalue weighted by molar-refractivity contribution is -0.115. The molecule has 0 spiro atoms. The summed E-state index contributed by atoms with van der Waals surface area (Å²) in [4.78, 5) is 11.9. The quantitative estimate of drug-likeness (QED) is 0.889. The molecule has 0 unspecified atom stereocenters. The smallest absolute Gasteiger partial charge is 0.238 e. The second-order valence-electron chi connectivity index (χ2n) is 4.85. The normalized spacial score (nSPS) is 12.2. The number of amides is 1. The largest absolute Gasteiger partial charge is 0.454 e. The molecular formula is C16H15FN2O3. The third-order valence-electron chi connectivity index (χ3n) is 3.18. The minimum Gasteiger partial charge on any atom is -0.454 e. The molecule has 0 aliphatic carbocycles. The number of hydrogen-bond donors (Lipinski definition) is 2. The van der Waals surface area contributed by atoms with E-state index in [9.17, 15) is 9.18 Å². The van der Waals surface area contributed by atoms with E-state index in [1.54, 1.807) is 30.3 Å². The van der Waals surface area contributed by atoms with Crippen LogP contribution in [0.25, 0.3) is 0 Å². The number of halogens is 1. The Hall–Kier alpha value is -2.60. The summed E-state index contributed by atoms with van der Waals surface area (Å²) in [6.07, 6.45) is 0. The van der Waals surface area contributed by atoms with E-state index in [1.165, 1.54) is 12.1 Å². The van der Waals surface area contributed by atoms with Crippen LogP contribution in [0.3, 0.4) is 0 Å². The van der Waals surface area contributed by atoms with Crippen LogP contribution >= 0.6 is 0 Å². The van der Waals surface area contributed by atoms with Crippen LogP contribution in [-0.4, -0.2) is 19.2 Å². The average molecular weight is 302 g/mol. The molecule has 0 fully saturated rings. The summed E-state index contributed by atoms with van der Waals surface area (Å²) in [6, 6.07) is 11.4. The number of hydrogen-bond acceptors (Lipinski definition) is 4. The predicted octanol–water partition coefficient (Wildman–Crippen LogP) is 2.28. The fourth-order valence-electron chi connectivity index (χ4n) is 2.10. The maximum atomic E-state index is 12.8. The lowest BCUT2D eigenvalue weighted by Crippen LogP contribution is -2.27. The van der Waals surface area contributed by atoms with E-state index in [2.05, 4.69) is 10.6 Å². The van der Waals surface area contributed by atoms with Gasteiger partial charge in [0.1, 0.15) is 5.82 Å². The van der Waals surface area contributed by atoms with Crippen LogP contribution in [0.1, 0.15) is 5.56 Å². The van der Waals surface area contributed by atoms with Crippen LogP contribution in [0, 0.1) is 5.82 Å². The standard InChI is InChI=1S/C16H15FN2O3/c17-12-3-1-11(2-4-12)8-18-9-16(20)19-13-5-6-14-15(7-13)22-10-21-14/h1-7,18H,8-10H2,(H,19,20). The van der Waals surface area contributed by atoms with E-state index in [-0.39, 0.29) is 25.1 Å². The topological polar surface area (TPSA) is 59.6 Å². The highest BCUT2D eigenvalue weighted by Gasteiger charge is 2.13. The highest BCUT2D eigenvalue weighted by atomic mass is 19.1. The minimum absolute atomic E-state index is 0.159. The molecule has 0 saturated carbocycles. The molecule has 0 aromatic heterocycles. The van der Waals surface area contributed by atoms with Crippen molar-refractivity contribution in [2.45, 2.75) is 6.54 Å². The Labute approximate surface area is 127 Å². The molecule has 2 aromatic carbocycles. The molecule has 1 aliphatic heterocycles. The molecular weight excluding hydrogens is 287 g/mol. The Morgan fingerprint density at radius 3 is 2.68 bits per heavy atom. The summed E-state index contributed by atoms with van der Waals surface area (Å²) >= 11 is 0. The van der Waals surface area contributed by atoms with Crippen molar-refractivity contribution in [3.8, 4) is 11.5 Å². The molecule has 5 nitrogen and oxygen atoms in total. The molecule has 1 amide bonds. The van der Waals surface area contributed by atoms with Crippen molar-refractivity contribution in [3.05, 3.63) is 53.8 Å². The fourth-order valence-corrected chi connectivity index (χ4v) is 2.10. The monoisotopic (exact) mass is 302 g/mol. The maximum absolute atomic E-state index is 12.8. The Morgan fingerprint density at radius 2 is 1.86 bits per heavy atom. The van der Waals surface area contributed by atoms with E-state index in [0.29, 0.717) is 23.7 Å². The zero-order valence-corrected chi connectivity index (χ0v) is 11.8. The number of fused-ring (bicyclic) bond motifs is 1. The number of ether oxygens (including phenoxy) is 2. The van der Waals surface area contributed by atoms with Crippen LogP contribution in [0.5, 0.6) is 11.5 Å². The van der Waals surface area contributed by atoms with Gasteiger partial charge in [0.05, 0.1) is 6.54 Å². The third kappa shape index (κ3) is 3.53. The van der Waals surface area contributed by atoms with Crippen LogP contribution in [0.15, 0.2) is 42.5 Å². The van der Waals surface area contributed by atoms with Gasteiger partial charge in [-0.3, -0.25) is 4.79 Å². The first-order valence-corrected chi connectivity index (χ1v) is 6.85. The van der Waals surface area contributed by atoms with Crippen molar-refractivity contribution < 1.29 is 18.7 Å². The number of nitrogens with one attached hydrogen (secondary N) is 2. The summed E-state index contributed by atoms with van der Waals surface area (Å²) in [5, 5.41) is 5.77. The molecule has 0 bridgehead atoms. The SMILES string of the molecule is O=C(CNCc1ccc(F)cc1)Nc1ccc2c(c1)OCO2. The van der Waals surface area contributed by atoms with E-state index < -0.39 is 0 Å². The number of carbonyl (C=O) groups is 1. The van der Waals surface area contributed by atoms with Gasteiger partial charge in [-0.25, -0.2) is 4.39 Å². The van der Waals surface area contributed by atoms with Crippen LogP contribution in [-0.2, 0) is 11.3 Å². The first-order valence-electron chi connectivity index (χ1n) is 6.85. The van der Waals surface area contributed by atoms with E-state index in [4.69, 9.17) is 9.47 Å². The van der Waals surface area contributed by atoms with Gasteiger partial charge in [-0.2, -0.15) is 0 Å². The van der Waals surface area contributed by atoms with Crippen molar-refractivity contribution >= 4 is 11.6 Å². The predicted molar refractivity (Wildman–Crippen MR) is 79.3 cm³/mol. The molecule has 6 heteroatoms. The molecule has 0 atom stereocenters. The fraction of sp³-hybridized carbons (Fsp3) is 0.188. The van der Waals surface area contributed by atoms with E-state index in [0.717, 1.165) is 5.56 Å². The molecule has 0 radical (unpaired) electrons. The number of carbonyl (C=O) groups excluding carboxylic acids is 1. The van der Waals surface area contributed by atoms with Crippen molar-refractivity contribution in [3.63, 3.8) is 0 Å². The lowest BCUT2D eigenvalue weighted by Gasteiger charge is -2.07. The summed E-state index contributed by atoms with van der Waals surface area (Å²) in [5.41, 5.74) is 1.56. The first kappa shape index (κ1) is 14.3. The van der Waals surface area contributed by atoms with Gasteiger partial charge >= 0.3 is 0 Å². The second-order valence-corrected chi connectivity index (χ2v) is 4.85. The summed E-state index contributed by atoms with van der Waals surface area (Å²) in [6.45, 7) is 0.854. The number of benzene rings is 2. The zero-order valence-electron chi connectivity index (χ0n) is 11.8. The number of anilines is 1. The summed E-state index contributed by atoms with van der Waals surface area (Å²) in [7, 11) is 0. The van der Waals surface area contributed by atoms with Gasteiger partial charge in [0.25, 0.3) is 0 Å². The van der Waals surface area contributed by atoms with Crippen LogP contribution in [0.2, 0.25) is 0 Å². The average Bonchev–Trinajstić information content (AvgIpc) is 2.97. The minimum atomic E-state index is -0.274. The van der Waals surface area contributed by atoms with Crippen LogP contribution < -0.4 is 20.1 Å². The van der Waals surface area contributed by atoms with Gasteiger partial charge in [-0.05, 0) is 29.8 Å². The molecule has 22 heavy (non-hydrogen) atoms. The molecule has 2 N–H and O–H groups in total. The van der Waals surface area contributed by atoms with Crippen molar-refractivity contribution in [1.29, 1.82) is 0 Å².